The van der Waals surface area contributed by atoms with Crippen LogP contribution in [0.4, 0.5) is 13.2 Å². The number of benzene rings is 1. The second-order valence-corrected chi connectivity index (χ2v) is 8.18. The van der Waals surface area contributed by atoms with Crippen LogP contribution in [0.1, 0.15) is 39.7 Å². The van der Waals surface area contributed by atoms with E-state index in [-0.39, 0.29) is 6.61 Å². The molecule has 0 amide bonds. The van der Waals surface area contributed by atoms with E-state index in [0.717, 1.165) is 12.1 Å². The highest BCUT2D eigenvalue weighted by Crippen LogP contribution is 2.35. The Morgan fingerprint density at radius 3 is 2.33 bits per heavy atom. The summed E-state index contributed by atoms with van der Waals surface area (Å²) in [5.41, 5.74) is -2.87. The Kier molecular flexibility index (Phi) is 6.97. The topological polar surface area (TPSA) is 55.4 Å². The van der Waals surface area contributed by atoms with E-state index in [2.05, 4.69) is 4.72 Å². The van der Waals surface area contributed by atoms with Crippen molar-refractivity contribution in [2.45, 2.75) is 50.8 Å². The number of ether oxygens (including phenoxy) is 1. The van der Waals surface area contributed by atoms with E-state index in [0.29, 0.717) is 0 Å². The molecule has 0 saturated carbocycles. The number of hydrogen-bond donors (Lipinski definition) is 1. The van der Waals surface area contributed by atoms with Crippen LogP contribution in [0.5, 0.6) is 0 Å². The number of esters is 1. The van der Waals surface area contributed by atoms with Crippen molar-refractivity contribution < 1.29 is 26.9 Å². The molecule has 0 aromatic heterocycles. The Morgan fingerprint density at radius 2 is 1.88 bits per heavy atom. The average Bonchev–Trinajstić information content (AvgIpc) is 2.45. The molecule has 0 spiro atoms. The predicted octanol–water partition coefficient (Wildman–Crippen LogP) is 3.29. The van der Waals surface area contributed by atoms with Crippen molar-refractivity contribution in [1.82, 2.24) is 4.72 Å². The number of carbonyl (C=O) groups excluding carboxylic acids is 1. The molecule has 0 heterocycles. The smallest absolute Gasteiger partial charge is 0.308 e. The average molecular weight is 365 g/mol. The van der Waals surface area contributed by atoms with Gasteiger partial charge >= 0.3 is 5.97 Å². The molecule has 0 aliphatic heterocycles. The first-order chi connectivity index (χ1) is 11.0. The standard InChI is InChI=1S/C16H22F3NO3S/c1-5-23-13(21)10-16(14(18)19,20-24(22)15(2,3)4)11-8-6-7-9-12(11)17/h6-9,14,20H,5,10H2,1-4H3/t16-,24-/m1/s1. The molecule has 1 aromatic rings. The predicted molar refractivity (Wildman–Crippen MR) is 86.4 cm³/mol. The van der Waals surface area contributed by atoms with Crippen LogP contribution < -0.4 is 4.72 Å². The molecule has 8 heteroatoms. The summed E-state index contributed by atoms with van der Waals surface area (Å²) >= 11 is 0. The van der Waals surface area contributed by atoms with Crippen LogP contribution in [0.25, 0.3) is 0 Å². The molecule has 0 saturated heterocycles. The second-order valence-electron chi connectivity index (χ2n) is 6.22. The number of hydrogen-bond acceptors (Lipinski definition) is 3. The SMILES string of the molecule is CCOC(=O)C[C@@](N[S@](=O)C(C)(C)C)(c1ccccc1F)C(F)F. The summed E-state index contributed by atoms with van der Waals surface area (Å²) in [6, 6.07) is 4.88. The quantitative estimate of drug-likeness (QED) is 0.755. The lowest BCUT2D eigenvalue weighted by Gasteiger charge is -2.35. The Morgan fingerprint density at radius 1 is 1.29 bits per heavy atom. The zero-order chi connectivity index (χ0) is 18.5. The van der Waals surface area contributed by atoms with E-state index in [1.807, 2.05) is 0 Å². The summed E-state index contributed by atoms with van der Waals surface area (Å²) in [4.78, 5) is 11.9. The molecule has 0 aliphatic carbocycles. The van der Waals surface area contributed by atoms with Crippen molar-refractivity contribution in [3.63, 3.8) is 0 Å². The molecule has 24 heavy (non-hydrogen) atoms. The van der Waals surface area contributed by atoms with Gasteiger partial charge in [0.2, 0.25) is 0 Å². The van der Waals surface area contributed by atoms with Crippen LogP contribution in [-0.2, 0) is 26.1 Å². The van der Waals surface area contributed by atoms with Crippen LogP contribution in [0.15, 0.2) is 24.3 Å². The van der Waals surface area contributed by atoms with E-state index in [1.54, 1.807) is 20.8 Å². The van der Waals surface area contributed by atoms with E-state index in [1.165, 1.54) is 19.1 Å². The fourth-order valence-corrected chi connectivity index (χ4v) is 2.91. The zero-order valence-electron chi connectivity index (χ0n) is 14.1. The second kappa shape index (κ2) is 8.11. The lowest BCUT2D eigenvalue weighted by atomic mass is 9.87. The lowest BCUT2D eigenvalue weighted by molar-refractivity contribution is -0.147. The van der Waals surface area contributed by atoms with Gasteiger partial charge in [0.1, 0.15) is 11.4 Å². The van der Waals surface area contributed by atoms with Crippen LogP contribution in [0.3, 0.4) is 0 Å². The first-order valence-electron chi connectivity index (χ1n) is 7.43. The molecular formula is C16H22F3NO3S. The van der Waals surface area contributed by atoms with Crippen molar-refractivity contribution in [1.29, 1.82) is 0 Å². The highest BCUT2D eigenvalue weighted by molar-refractivity contribution is 7.84. The summed E-state index contributed by atoms with van der Waals surface area (Å²) in [7, 11) is -1.96. The van der Waals surface area contributed by atoms with Crippen molar-refractivity contribution in [3.8, 4) is 0 Å². The molecule has 0 bridgehead atoms. The van der Waals surface area contributed by atoms with Gasteiger partial charge in [0.15, 0.2) is 0 Å². The largest absolute Gasteiger partial charge is 0.466 e. The van der Waals surface area contributed by atoms with E-state index in [9.17, 15) is 22.2 Å². The minimum Gasteiger partial charge on any atom is -0.466 e. The molecule has 1 N–H and O–H groups in total. The van der Waals surface area contributed by atoms with Crippen LogP contribution in [0.2, 0.25) is 0 Å². The van der Waals surface area contributed by atoms with E-state index >= 15 is 0 Å². The summed E-state index contributed by atoms with van der Waals surface area (Å²) < 4.78 is 60.8. The van der Waals surface area contributed by atoms with Gasteiger partial charge in [-0.05, 0) is 33.8 Å². The van der Waals surface area contributed by atoms with Gasteiger partial charge in [0.05, 0.1) is 28.8 Å². The van der Waals surface area contributed by atoms with Gasteiger partial charge in [-0.25, -0.2) is 22.1 Å². The summed E-state index contributed by atoms with van der Waals surface area (Å²) in [6.45, 7) is 6.28. The summed E-state index contributed by atoms with van der Waals surface area (Å²) in [6.07, 6.45) is -4.04. The number of halogens is 3. The first-order valence-corrected chi connectivity index (χ1v) is 8.58. The van der Waals surface area contributed by atoms with Gasteiger partial charge in [-0.2, -0.15) is 0 Å². The summed E-state index contributed by atoms with van der Waals surface area (Å²) in [5.74, 6) is -1.85. The van der Waals surface area contributed by atoms with Gasteiger partial charge in [-0.3, -0.25) is 4.79 Å². The van der Waals surface area contributed by atoms with Gasteiger partial charge in [-0.15, -0.1) is 0 Å². The molecular weight excluding hydrogens is 343 g/mol. The monoisotopic (exact) mass is 365 g/mol. The molecule has 136 valence electrons. The Labute approximate surface area is 142 Å². The fraction of sp³-hybridized carbons (Fsp3) is 0.562. The normalized spacial score (nSPS) is 15.8. The Bertz CT molecular complexity index is 604. The van der Waals surface area contributed by atoms with Crippen LogP contribution >= 0.6 is 0 Å². The number of rotatable bonds is 7. The Hall–Kier alpha value is -1.41. The lowest BCUT2D eigenvalue weighted by Crippen LogP contribution is -2.54. The molecule has 1 rings (SSSR count). The van der Waals surface area contributed by atoms with Crippen LogP contribution in [0, 0.1) is 5.82 Å². The van der Waals surface area contributed by atoms with Crippen molar-refractivity contribution in [2.24, 2.45) is 0 Å². The highest BCUT2D eigenvalue weighted by atomic mass is 32.2. The zero-order valence-corrected chi connectivity index (χ0v) is 14.9. The third kappa shape index (κ3) is 4.80. The van der Waals surface area contributed by atoms with E-state index < -0.39 is 51.5 Å². The van der Waals surface area contributed by atoms with Crippen LogP contribution in [-0.4, -0.2) is 28.0 Å². The third-order valence-electron chi connectivity index (χ3n) is 3.29. The molecule has 0 aliphatic rings. The van der Waals surface area contributed by atoms with Gasteiger partial charge in [0, 0.05) is 5.56 Å². The number of carbonyl (C=O) groups is 1. The third-order valence-corrected chi connectivity index (χ3v) is 4.95. The van der Waals surface area contributed by atoms with Gasteiger partial charge in [-0.1, -0.05) is 18.2 Å². The summed E-state index contributed by atoms with van der Waals surface area (Å²) in [5, 5.41) is 0. The van der Waals surface area contributed by atoms with E-state index in [4.69, 9.17) is 4.74 Å². The van der Waals surface area contributed by atoms with Gasteiger partial charge in [0.25, 0.3) is 6.43 Å². The molecule has 0 unspecified atom stereocenters. The molecule has 4 nitrogen and oxygen atoms in total. The molecule has 1 aromatic carbocycles. The Balaban J connectivity index is 3.43. The van der Waals surface area contributed by atoms with Crippen molar-refractivity contribution in [2.75, 3.05) is 6.61 Å². The molecule has 0 fully saturated rings. The fourth-order valence-electron chi connectivity index (χ4n) is 2.01. The van der Waals surface area contributed by atoms with Gasteiger partial charge < -0.3 is 4.74 Å². The number of nitrogens with one attached hydrogen (secondary N) is 1. The minimum atomic E-state index is -3.19. The van der Waals surface area contributed by atoms with Crippen molar-refractivity contribution >= 4 is 17.0 Å². The minimum absolute atomic E-state index is 0.00220. The molecule has 2 atom stereocenters. The molecule has 0 radical (unpaired) electrons. The maximum Gasteiger partial charge on any atom is 0.308 e. The highest BCUT2D eigenvalue weighted by Gasteiger charge is 2.48. The maximum atomic E-state index is 14.2. The number of alkyl halides is 2. The first kappa shape index (κ1) is 20.6. The maximum absolute atomic E-state index is 14.2. The van der Waals surface area contributed by atoms with Crippen molar-refractivity contribution in [3.05, 3.63) is 35.6 Å².